The quantitative estimate of drug-likeness (QED) is 0.803. The third-order valence-corrected chi connectivity index (χ3v) is 6.82. The first-order valence-electron chi connectivity index (χ1n) is 8.85. The van der Waals surface area contributed by atoms with Crippen LogP contribution in [-0.2, 0) is 0 Å². The highest BCUT2D eigenvalue weighted by atomic mass is 35.5. The van der Waals surface area contributed by atoms with Gasteiger partial charge in [-0.3, -0.25) is 9.79 Å². The highest BCUT2D eigenvalue weighted by molar-refractivity contribution is 7.10. The summed E-state index contributed by atoms with van der Waals surface area (Å²) in [7, 11) is 0. The maximum Gasteiger partial charge on any atom is 0.254 e. The van der Waals surface area contributed by atoms with Crippen molar-refractivity contribution in [3.8, 4) is 0 Å². The Morgan fingerprint density at radius 1 is 1.27 bits per heavy atom. The van der Waals surface area contributed by atoms with Crippen LogP contribution in [0.5, 0.6) is 0 Å². The van der Waals surface area contributed by atoms with Crippen LogP contribution in [0.2, 0.25) is 0 Å². The molecule has 0 bridgehead atoms. The number of carbonyl (C=O) groups is 1. The molecule has 0 spiro atoms. The van der Waals surface area contributed by atoms with E-state index in [0.717, 1.165) is 11.1 Å². The van der Waals surface area contributed by atoms with E-state index in [1.165, 1.54) is 4.88 Å². The van der Waals surface area contributed by atoms with E-state index in [0.29, 0.717) is 51.5 Å². The Morgan fingerprint density at radius 3 is 2.69 bits per heavy atom. The normalized spacial score (nSPS) is 25.5. The summed E-state index contributed by atoms with van der Waals surface area (Å²) >= 11 is 7.93. The van der Waals surface area contributed by atoms with Crippen LogP contribution in [0.15, 0.2) is 38.3 Å². The van der Waals surface area contributed by atoms with Gasteiger partial charge >= 0.3 is 0 Å². The third-order valence-electron chi connectivity index (χ3n) is 5.35. The zero-order valence-electron chi connectivity index (χ0n) is 14.3. The van der Waals surface area contributed by atoms with Crippen molar-refractivity contribution in [3.05, 3.63) is 33.5 Å². The van der Waals surface area contributed by atoms with Crippen LogP contribution < -0.4 is 0 Å². The van der Waals surface area contributed by atoms with E-state index in [4.69, 9.17) is 11.6 Å². The number of nitrogens with zero attached hydrogens (tertiary/aromatic N) is 4. The number of piperidine rings is 1. The predicted molar refractivity (Wildman–Crippen MR) is 103 cm³/mol. The maximum absolute atomic E-state index is 12.8. The number of aliphatic imine (C=N–C) groups is 1. The van der Waals surface area contributed by atoms with Gasteiger partial charge < -0.3 is 10.0 Å². The summed E-state index contributed by atoms with van der Waals surface area (Å²) in [5.74, 6) is 0.344. The smallest absolute Gasteiger partial charge is 0.254 e. The number of carbonyl (C=O) groups excluding carboxylic acids is 1. The Morgan fingerprint density at radius 2 is 2.00 bits per heavy atom. The number of likely N-dealkylation sites (tertiary alicyclic amines) is 1. The average Bonchev–Trinajstić information content (AvgIpc) is 3.33. The molecule has 1 unspecified atom stereocenters. The van der Waals surface area contributed by atoms with E-state index in [1.807, 2.05) is 22.4 Å². The first kappa shape index (κ1) is 17.8. The number of hydrogen-bond acceptors (Lipinski definition) is 6. The number of amides is 1. The van der Waals surface area contributed by atoms with Crippen molar-refractivity contribution in [3.63, 3.8) is 0 Å². The molecule has 0 saturated carbocycles. The molecule has 6 nitrogen and oxygen atoms in total. The zero-order valence-corrected chi connectivity index (χ0v) is 15.9. The Kier molecular flexibility index (Phi) is 4.94. The van der Waals surface area contributed by atoms with Crippen molar-refractivity contribution >= 4 is 35.1 Å². The largest absolute Gasteiger partial charge is 0.385 e. The molecule has 1 atom stereocenters. The second-order valence-corrected chi connectivity index (χ2v) is 8.48. The van der Waals surface area contributed by atoms with Gasteiger partial charge in [0.05, 0.1) is 36.2 Å². The topological polar surface area (TPSA) is 77.6 Å². The SMILES string of the molecule is O=C(c1csc(C2CN=NC2)c1)N1CCC(O)(C2=CC=NCC2Cl)CC1. The lowest BCUT2D eigenvalue weighted by Crippen LogP contribution is -2.49. The van der Waals surface area contributed by atoms with Crippen LogP contribution in [0, 0.1) is 0 Å². The molecule has 3 aliphatic heterocycles. The van der Waals surface area contributed by atoms with Crippen molar-refractivity contribution in [2.45, 2.75) is 29.7 Å². The van der Waals surface area contributed by atoms with Crippen molar-refractivity contribution in [1.82, 2.24) is 4.90 Å². The minimum absolute atomic E-state index is 0.0306. The first-order chi connectivity index (χ1) is 12.6. The Bertz CT molecular complexity index is 772. The summed E-state index contributed by atoms with van der Waals surface area (Å²) in [6, 6.07) is 1.98. The maximum atomic E-state index is 12.8. The number of thiophene rings is 1. The standard InChI is InChI=1S/C18H21ClN4O2S/c19-15-10-20-4-1-14(15)18(25)2-5-23(6-3-18)17(24)12-7-16(26-11-12)13-8-21-22-9-13/h1,4,7,11,13,15,25H,2-3,5-6,8-10H2. The lowest BCUT2D eigenvalue weighted by atomic mass is 9.81. The highest BCUT2D eigenvalue weighted by Crippen LogP contribution is 2.35. The molecule has 1 aromatic rings. The number of aliphatic hydroxyl groups is 1. The summed E-state index contributed by atoms with van der Waals surface area (Å²) in [6.45, 7) is 2.96. The monoisotopic (exact) mass is 392 g/mol. The van der Waals surface area contributed by atoms with E-state index >= 15 is 0 Å². The van der Waals surface area contributed by atoms with E-state index < -0.39 is 5.60 Å². The van der Waals surface area contributed by atoms with Gasteiger partial charge in [-0.2, -0.15) is 10.2 Å². The van der Waals surface area contributed by atoms with Gasteiger partial charge in [0.1, 0.15) is 0 Å². The van der Waals surface area contributed by atoms with E-state index in [2.05, 4.69) is 15.2 Å². The molecule has 26 heavy (non-hydrogen) atoms. The van der Waals surface area contributed by atoms with E-state index in [-0.39, 0.29) is 11.3 Å². The van der Waals surface area contributed by atoms with Gasteiger partial charge in [-0.25, -0.2) is 0 Å². The van der Waals surface area contributed by atoms with Gasteiger partial charge in [0, 0.05) is 35.5 Å². The number of allylic oxidation sites excluding steroid dienone is 1. The second-order valence-electron chi connectivity index (χ2n) is 7.01. The van der Waals surface area contributed by atoms with E-state index in [1.54, 1.807) is 17.6 Å². The van der Waals surface area contributed by atoms with Crippen molar-refractivity contribution < 1.29 is 9.90 Å². The molecule has 4 heterocycles. The minimum atomic E-state index is -0.942. The molecule has 8 heteroatoms. The average molecular weight is 393 g/mol. The van der Waals surface area contributed by atoms with Crippen molar-refractivity contribution in [1.29, 1.82) is 0 Å². The van der Waals surface area contributed by atoms with Gasteiger partial charge in [-0.1, -0.05) is 0 Å². The van der Waals surface area contributed by atoms with Gasteiger partial charge in [-0.05, 0) is 30.6 Å². The molecule has 1 N–H and O–H groups in total. The van der Waals surface area contributed by atoms with Crippen molar-refractivity contribution in [2.75, 3.05) is 32.7 Å². The lowest BCUT2D eigenvalue weighted by molar-refractivity contribution is 0.00911. The van der Waals surface area contributed by atoms with Crippen LogP contribution >= 0.6 is 22.9 Å². The van der Waals surface area contributed by atoms with Crippen molar-refractivity contribution in [2.24, 2.45) is 15.2 Å². The number of azo groups is 1. The molecule has 1 amide bonds. The molecule has 4 rings (SSSR count). The van der Waals surface area contributed by atoms with Gasteiger partial charge in [0.2, 0.25) is 0 Å². The number of dihydropyridines is 1. The minimum Gasteiger partial charge on any atom is -0.385 e. The van der Waals surface area contributed by atoms with E-state index in [9.17, 15) is 9.90 Å². The molecular weight excluding hydrogens is 372 g/mol. The third kappa shape index (κ3) is 3.35. The van der Waals surface area contributed by atoms with Crippen LogP contribution in [0.25, 0.3) is 0 Å². The fraction of sp³-hybridized carbons (Fsp3) is 0.556. The Hall–Kier alpha value is -1.57. The summed E-state index contributed by atoms with van der Waals surface area (Å²) in [4.78, 5) is 19.9. The summed E-state index contributed by atoms with van der Waals surface area (Å²) < 4.78 is 0. The Labute approximate surface area is 161 Å². The summed E-state index contributed by atoms with van der Waals surface area (Å²) in [5.41, 5.74) is 0.608. The molecule has 0 aromatic carbocycles. The molecule has 1 saturated heterocycles. The lowest BCUT2D eigenvalue weighted by Gasteiger charge is -2.41. The predicted octanol–water partition coefficient (Wildman–Crippen LogP) is 2.88. The fourth-order valence-electron chi connectivity index (χ4n) is 3.72. The van der Waals surface area contributed by atoms with Crippen LogP contribution in [-0.4, -0.2) is 65.8 Å². The zero-order chi connectivity index (χ0) is 18.1. The number of hydrogen-bond donors (Lipinski definition) is 1. The van der Waals surface area contributed by atoms with Gasteiger partial charge in [0.25, 0.3) is 5.91 Å². The van der Waals surface area contributed by atoms with Crippen LogP contribution in [0.3, 0.4) is 0 Å². The Balaban J connectivity index is 1.40. The van der Waals surface area contributed by atoms with Gasteiger partial charge in [0.15, 0.2) is 0 Å². The number of halogens is 1. The second kappa shape index (κ2) is 7.21. The molecule has 0 aliphatic carbocycles. The number of alkyl halides is 1. The van der Waals surface area contributed by atoms with Crippen LogP contribution in [0.4, 0.5) is 0 Å². The molecule has 1 fully saturated rings. The molecule has 1 aromatic heterocycles. The summed E-state index contributed by atoms with van der Waals surface area (Å²) in [6.07, 6.45) is 4.53. The van der Waals surface area contributed by atoms with Gasteiger partial charge in [-0.15, -0.1) is 22.9 Å². The molecule has 0 radical (unpaired) electrons. The summed E-state index contributed by atoms with van der Waals surface area (Å²) in [5, 5.41) is 20.7. The fourth-order valence-corrected chi connectivity index (χ4v) is 5.04. The van der Waals surface area contributed by atoms with Crippen LogP contribution in [0.1, 0.15) is 34.0 Å². The number of rotatable bonds is 3. The highest BCUT2D eigenvalue weighted by Gasteiger charge is 2.40. The molecule has 3 aliphatic rings. The molecule has 138 valence electrons. The first-order valence-corrected chi connectivity index (χ1v) is 10.2. The molecular formula is C18H21ClN4O2S.